The fourth-order valence-corrected chi connectivity index (χ4v) is 1.79. The van der Waals surface area contributed by atoms with Gasteiger partial charge in [0.15, 0.2) is 5.96 Å². The molecule has 1 heterocycles. The molecule has 1 rings (SSSR count). The minimum atomic E-state index is -0.241. The highest BCUT2D eigenvalue weighted by atomic mass is 127. The minimum absolute atomic E-state index is 0. The summed E-state index contributed by atoms with van der Waals surface area (Å²) in [4.78, 5) is 15.4. The predicted octanol–water partition coefficient (Wildman–Crippen LogP) is 0.433. The summed E-state index contributed by atoms with van der Waals surface area (Å²) in [5.41, 5.74) is 0. The Hall–Kier alpha value is -1.39. The first-order valence-electron chi connectivity index (χ1n) is 7.01. The second-order valence-electron chi connectivity index (χ2n) is 4.60. The Morgan fingerprint density at radius 1 is 1.50 bits per heavy atom. The predicted molar refractivity (Wildman–Crippen MR) is 95.4 cm³/mol. The van der Waals surface area contributed by atoms with E-state index in [9.17, 15) is 4.79 Å². The molecule has 0 saturated heterocycles. The van der Waals surface area contributed by atoms with Crippen molar-refractivity contribution in [3.05, 3.63) is 12.2 Å². The largest absolute Gasteiger partial charge is 0.469 e. The smallest absolute Gasteiger partial charge is 0.310 e. The number of nitrogens with zero attached hydrogens (tertiary/aromatic N) is 4. The van der Waals surface area contributed by atoms with Crippen molar-refractivity contribution in [2.24, 2.45) is 10.9 Å². The average Bonchev–Trinajstić information content (AvgIpc) is 2.96. The molecule has 126 valence electrons. The van der Waals surface area contributed by atoms with Crippen LogP contribution >= 0.6 is 24.0 Å². The average molecular weight is 424 g/mol. The third kappa shape index (κ3) is 6.58. The normalized spacial score (nSPS) is 12.3. The highest BCUT2D eigenvalue weighted by Crippen LogP contribution is 1.96. The number of halogens is 1. The number of carbonyl (C=O) groups excluding carboxylic acids is 1. The fourth-order valence-electron chi connectivity index (χ4n) is 1.79. The standard InChI is InChI=1S/C13H24N6O2.HI/c1-5-11-18-17-9-19(11)7-6-15-13(14-3)16-8-10(2)12(20)21-4;/h9-10H,5-8H2,1-4H3,(H2,14,15,16);1H. The van der Waals surface area contributed by atoms with Crippen LogP contribution in [0.5, 0.6) is 0 Å². The van der Waals surface area contributed by atoms with Gasteiger partial charge in [0.1, 0.15) is 12.2 Å². The molecule has 0 spiro atoms. The highest BCUT2D eigenvalue weighted by molar-refractivity contribution is 14.0. The Morgan fingerprint density at radius 2 is 2.23 bits per heavy atom. The van der Waals surface area contributed by atoms with E-state index in [0.717, 1.165) is 18.8 Å². The first-order chi connectivity index (χ1) is 10.1. The van der Waals surface area contributed by atoms with Crippen molar-refractivity contribution in [1.29, 1.82) is 0 Å². The van der Waals surface area contributed by atoms with Gasteiger partial charge in [-0.1, -0.05) is 13.8 Å². The number of hydrogen-bond acceptors (Lipinski definition) is 5. The molecule has 1 aromatic rings. The molecular weight excluding hydrogens is 399 g/mol. The van der Waals surface area contributed by atoms with Crippen LogP contribution in [0.1, 0.15) is 19.7 Å². The van der Waals surface area contributed by atoms with Crippen LogP contribution in [-0.4, -0.2) is 53.9 Å². The van der Waals surface area contributed by atoms with E-state index in [0.29, 0.717) is 19.0 Å². The van der Waals surface area contributed by atoms with Crippen molar-refractivity contribution in [1.82, 2.24) is 25.4 Å². The van der Waals surface area contributed by atoms with Gasteiger partial charge < -0.3 is 19.9 Å². The van der Waals surface area contributed by atoms with Crippen molar-refractivity contribution in [2.45, 2.75) is 26.8 Å². The van der Waals surface area contributed by atoms with Crippen LogP contribution in [0.3, 0.4) is 0 Å². The van der Waals surface area contributed by atoms with Gasteiger partial charge in [-0.3, -0.25) is 9.79 Å². The first kappa shape index (κ1) is 20.6. The monoisotopic (exact) mass is 424 g/mol. The Morgan fingerprint density at radius 3 is 2.82 bits per heavy atom. The van der Waals surface area contributed by atoms with Crippen molar-refractivity contribution >= 4 is 35.9 Å². The Kier molecular flexibility index (Phi) is 10.5. The summed E-state index contributed by atoms with van der Waals surface area (Å²) in [6.45, 7) is 5.76. The molecule has 1 aromatic heterocycles. The Balaban J connectivity index is 0.00000441. The second kappa shape index (κ2) is 11.2. The number of methoxy groups -OCH3 is 1. The molecule has 0 radical (unpaired) electrons. The Bertz CT molecular complexity index is 477. The number of rotatable bonds is 7. The first-order valence-corrected chi connectivity index (χ1v) is 7.01. The molecule has 0 aliphatic carbocycles. The van der Waals surface area contributed by atoms with Crippen LogP contribution < -0.4 is 10.6 Å². The topological polar surface area (TPSA) is 93.4 Å². The lowest BCUT2D eigenvalue weighted by Gasteiger charge is -2.15. The van der Waals surface area contributed by atoms with Crippen LogP contribution in [-0.2, 0) is 22.5 Å². The van der Waals surface area contributed by atoms with E-state index in [1.165, 1.54) is 7.11 Å². The van der Waals surface area contributed by atoms with Gasteiger partial charge in [-0.25, -0.2) is 0 Å². The SMILES string of the molecule is CCc1nncn1CCNC(=NC)NCC(C)C(=O)OC.I. The van der Waals surface area contributed by atoms with E-state index in [2.05, 4.69) is 30.6 Å². The third-order valence-electron chi connectivity index (χ3n) is 3.06. The van der Waals surface area contributed by atoms with Crippen molar-refractivity contribution in [3.63, 3.8) is 0 Å². The molecule has 22 heavy (non-hydrogen) atoms. The number of aryl methyl sites for hydroxylation is 1. The molecule has 9 heteroatoms. The van der Waals surface area contributed by atoms with Gasteiger partial charge in [-0.2, -0.15) is 0 Å². The van der Waals surface area contributed by atoms with E-state index < -0.39 is 0 Å². The maximum Gasteiger partial charge on any atom is 0.310 e. The molecular formula is C13H25IN6O2. The molecule has 0 fully saturated rings. The zero-order chi connectivity index (χ0) is 15.7. The molecule has 0 aromatic carbocycles. The van der Waals surface area contributed by atoms with E-state index in [-0.39, 0.29) is 35.9 Å². The van der Waals surface area contributed by atoms with Gasteiger partial charge in [-0.05, 0) is 0 Å². The Labute approximate surface area is 148 Å². The number of esters is 1. The number of nitrogens with one attached hydrogen (secondary N) is 2. The van der Waals surface area contributed by atoms with E-state index >= 15 is 0 Å². The molecule has 1 unspecified atom stereocenters. The molecule has 0 saturated carbocycles. The summed E-state index contributed by atoms with van der Waals surface area (Å²) in [7, 11) is 3.07. The van der Waals surface area contributed by atoms with E-state index in [1.807, 2.05) is 11.5 Å². The lowest BCUT2D eigenvalue weighted by Crippen LogP contribution is -2.42. The summed E-state index contributed by atoms with van der Waals surface area (Å²) in [5.74, 6) is 1.14. The molecule has 0 aliphatic heterocycles. The van der Waals surface area contributed by atoms with Crippen molar-refractivity contribution < 1.29 is 9.53 Å². The molecule has 0 amide bonds. The summed E-state index contributed by atoms with van der Waals surface area (Å²) in [6, 6.07) is 0. The number of aromatic nitrogens is 3. The maximum atomic E-state index is 11.3. The summed E-state index contributed by atoms with van der Waals surface area (Å²) < 4.78 is 6.67. The zero-order valence-corrected chi connectivity index (χ0v) is 15.8. The van der Waals surface area contributed by atoms with Crippen LogP contribution in [0.4, 0.5) is 0 Å². The van der Waals surface area contributed by atoms with Gasteiger partial charge in [0.25, 0.3) is 0 Å². The molecule has 0 bridgehead atoms. The molecule has 2 N–H and O–H groups in total. The summed E-state index contributed by atoms with van der Waals surface area (Å²) in [6.07, 6.45) is 2.57. The second-order valence-corrected chi connectivity index (χ2v) is 4.60. The van der Waals surface area contributed by atoms with Crippen LogP contribution in [0.2, 0.25) is 0 Å². The quantitative estimate of drug-likeness (QED) is 0.286. The van der Waals surface area contributed by atoms with Gasteiger partial charge in [-0.15, -0.1) is 34.2 Å². The number of aliphatic imine (C=N–C) groups is 1. The number of guanidine groups is 1. The zero-order valence-electron chi connectivity index (χ0n) is 13.5. The minimum Gasteiger partial charge on any atom is -0.469 e. The molecule has 8 nitrogen and oxygen atoms in total. The number of hydrogen-bond donors (Lipinski definition) is 2. The maximum absolute atomic E-state index is 11.3. The third-order valence-corrected chi connectivity index (χ3v) is 3.06. The van der Waals surface area contributed by atoms with Gasteiger partial charge in [0.2, 0.25) is 0 Å². The fraction of sp³-hybridized carbons (Fsp3) is 0.692. The number of ether oxygens (including phenoxy) is 1. The molecule has 0 aliphatic rings. The van der Waals surface area contributed by atoms with Crippen LogP contribution in [0.25, 0.3) is 0 Å². The highest BCUT2D eigenvalue weighted by Gasteiger charge is 2.13. The lowest BCUT2D eigenvalue weighted by molar-refractivity contribution is -0.144. The molecule has 1 atom stereocenters. The van der Waals surface area contributed by atoms with E-state index in [4.69, 9.17) is 0 Å². The van der Waals surface area contributed by atoms with Crippen LogP contribution in [0, 0.1) is 5.92 Å². The van der Waals surface area contributed by atoms with Gasteiger partial charge in [0.05, 0.1) is 13.0 Å². The lowest BCUT2D eigenvalue weighted by atomic mass is 10.2. The van der Waals surface area contributed by atoms with Crippen molar-refractivity contribution in [2.75, 3.05) is 27.2 Å². The summed E-state index contributed by atoms with van der Waals surface area (Å²) in [5, 5.41) is 14.2. The van der Waals surface area contributed by atoms with Gasteiger partial charge >= 0.3 is 5.97 Å². The van der Waals surface area contributed by atoms with Gasteiger partial charge in [0, 0.05) is 33.1 Å². The van der Waals surface area contributed by atoms with Crippen LogP contribution in [0.15, 0.2) is 11.3 Å². The van der Waals surface area contributed by atoms with E-state index in [1.54, 1.807) is 20.3 Å². The van der Waals surface area contributed by atoms with Crippen molar-refractivity contribution in [3.8, 4) is 0 Å². The summed E-state index contributed by atoms with van der Waals surface area (Å²) >= 11 is 0. The number of carbonyl (C=O) groups is 1.